The van der Waals surface area contributed by atoms with Crippen LogP contribution >= 0.6 is 0 Å². The summed E-state index contributed by atoms with van der Waals surface area (Å²) in [5.74, 6) is 0.153. The molecule has 0 unspecified atom stereocenters. The number of hydrogen-bond acceptors (Lipinski definition) is 6. The van der Waals surface area contributed by atoms with E-state index in [4.69, 9.17) is 14.2 Å². The number of aliphatic hydroxyl groups is 1. The van der Waals surface area contributed by atoms with Gasteiger partial charge in [0.15, 0.2) is 0 Å². The summed E-state index contributed by atoms with van der Waals surface area (Å²) >= 11 is 0. The Morgan fingerprint density at radius 3 is 2.40 bits per heavy atom. The van der Waals surface area contributed by atoms with Gasteiger partial charge in [-0.3, -0.25) is 9.59 Å². The summed E-state index contributed by atoms with van der Waals surface area (Å²) in [5.41, 5.74) is 1.42. The van der Waals surface area contributed by atoms with Gasteiger partial charge in [0.1, 0.15) is 17.2 Å². The summed E-state index contributed by atoms with van der Waals surface area (Å²) < 4.78 is 15.9. The second-order valence-corrected chi connectivity index (χ2v) is 5.82. The fourth-order valence-electron chi connectivity index (χ4n) is 2.85. The molecule has 1 N–H and O–H groups in total. The summed E-state index contributed by atoms with van der Waals surface area (Å²) in [6, 6.07) is 11.9. The van der Waals surface area contributed by atoms with Gasteiger partial charge in [0.25, 0.3) is 0 Å². The van der Waals surface area contributed by atoms with Crippen molar-refractivity contribution in [2.45, 2.75) is 25.9 Å². The van der Waals surface area contributed by atoms with Crippen LogP contribution in [0.5, 0.6) is 17.2 Å². The van der Waals surface area contributed by atoms with Gasteiger partial charge in [-0.2, -0.15) is 0 Å². The van der Waals surface area contributed by atoms with E-state index in [1.54, 1.807) is 36.4 Å². The van der Waals surface area contributed by atoms with Crippen LogP contribution in [0, 0.1) is 0 Å². The molecule has 2 aromatic carbocycles. The maximum absolute atomic E-state index is 11.1. The van der Waals surface area contributed by atoms with Gasteiger partial charge in [-0.1, -0.05) is 12.1 Å². The van der Waals surface area contributed by atoms with Crippen LogP contribution in [0.3, 0.4) is 0 Å². The lowest BCUT2D eigenvalue weighted by atomic mass is 9.87. The molecule has 130 valence electrons. The zero-order valence-electron chi connectivity index (χ0n) is 13.9. The molecule has 25 heavy (non-hydrogen) atoms. The summed E-state index contributed by atoms with van der Waals surface area (Å²) in [7, 11) is 0. The molecule has 6 nitrogen and oxygen atoms in total. The minimum atomic E-state index is -0.789. The quantitative estimate of drug-likeness (QED) is 0.682. The standard InChI is InChI=1S/C19H18O6/c1-11(20)24-14-5-3-4-13(8-14)17-10-23-18-9-15(25-12(2)21)6-7-16(18)19(17)22/h3-9,17,19,22H,10H2,1-2H3/t17-,19-/m0/s1. The van der Waals surface area contributed by atoms with E-state index in [-0.39, 0.29) is 12.5 Å². The Labute approximate surface area is 144 Å². The van der Waals surface area contributed by atoms with Gasteiger partial charge in [0.05, 0.1) is 12.7 Å². The molecular weight excluding hydrogens is 324 g/mol. The van der Waals surface area contributed by atoms with E-state index >= 15 is 0 Å². The molecular formula is C19H18O6. The minimum absolute atomic E-state index is 0.251. The van der Waals surface area contributed by atoms with Gasteiger partial charge in [0, 0.05) is 31.4 Å². The minimum Gasteiger partial charge on any atom is -0.492 e. The van der Waals surface area contributed by atoms with Crippen LogP contribution in [0.1, 0.15) is 37.0 Å². The highest BCUT2D eigenvalue weighted by atomic mass is 16.5. The molecule has 0 spiro atoms. The van der Waals surface area contributed by atoms with Gasteiger partial charge >= 0.3 is 11.9 Å². The van der Waals surface area contributed by atoms with Gasteiger partial charge in [-0.15, -0.1) is 0 Å². The van der Waals surface area contributed by atoms with E-state index in [2.05, 4.69) is 0 Å². The Hall–Kier alpha value is -2.86. The van der Waals surface area contributed by atoms with Crippen LogP contribution in [0.2, 0.25) is 0 Å². The monoisotopic (exact) mass is 342 g/mol. The summed E-state index contributed by atoms with van der Waals surface area (Å²) in [4.78, 5) is 22.1. The number of esters is 2. The molecule has 0 bridgehead atoms. The number of carbonyl (C=O) groups excluding carboxylic acids is 2. The first-order chi connectivity index (χ1) is 11.9. The van der Waals surface area contributed by atoms with E-state index in [0.717, 1.165) is 5.56 Å². The zero-order chi connectivity index (χ0) is 18.0. The molecule has 1 aliphatic rings. The van der Waals surface area contributed by atoms with Crippen LogP contribution < -0.4 is 14.2 Å². The predicted molar refractivity (Wildman–Crippen MR) is 88.7 cm³/mol. The maximum Gasteiger partial charge on any atom is 0.308 e. The lowest BCUT2D eigenvalue weighted by molar-refractivity contribution is -0.132. The third-order valence-electron chi connectivity index (χ3n) is 3.91. The molecule has 3 rings (SSSR count). The Bertz CT molecular complexity index is 813. The first kappa shape index (κ1) is 17.0. The number of rotatable bonds is 3. The smallest absolute Gasteiger partial charge is 0.308 e. The van der Waals surface area contributed by atoms with Gasteiger partial charge in [-0.25, -0.2) is 0 Å². The van der Waals surface area contributed by atoms with Crippen molar-refractivity contribution in [3.63, 3.8) is 0 Å². The molecule has 6 heteroatoms. The number of carbonyl (C=O) groups is 2. The fourth-order valence-corrected chi connectivity index (χ4v) is 2.85. The van der Waals surface area contributed by atoms with Crippen molar-refractivity contribution < 1.29 is 28.9 Å². The molecule has 2 atom stereocenters. The average molecular weight is 342 g/mol. The summed E-state index contributed by atoms with van der Waals surface area (Å²) in [6.45, 7) is 2.91. The Kier molecular flexibility index (Phi) is 4.72. The number of benzene rings is 2. The SMILES string of the molecule is CC(=O)Oc1cccc([C@@H]2COc3cc(OC(C)=O)ccc3[C@@H]2O)c1. The van der Waals surface area contributed by atoms with Crippen LogP contribution in [0.4, 0.5) is 0 Å². The third-order valence-corrected chi connectivity index (χ3v) is 3.91. The molecule has 1 aliphatic heterocycles. The Morgan fingerprint density at radius 1 is 1.04 bits per heavy atom. The van der Waals surface area contributed by atoms with Gasteiger partial charge < -0.3 is 19.3 Å². The first-order valence-electron chi connectivity index (χ1n) is 7.85. The zero-order valence-corrected chi connectivity index (χ0v) is 13.9. The molecule has 0 aliphatic carbocycles. The lowest BCUT2D eigenvalue weighted by Crippen LogP contribution is -2.24. The van der Waals surface area contributed by atoms with E-state index in [9.17, 15) is 14.7 Å². The molecule has 2 aromatic rings. The average Bonchev–Trinajstić information content (AvgIpc) is 2.54. The van der Waals surface area contributed by atoms with Crippen molar-refractivity contribution in [3.8, 4) is 17.2 Å². The summed E-state index contributed by atoms with van der Waals surface area (Å²) in [5, 5.41) is 10.7. The largest absolute Gasteiger partial charge is 0.492 e. The molecule has 0 aromatic heterocycles. The molecule has 0 fully saturated rings. The fraction of sp³-hybridized carbons (Fsp3) is 0.263. The topological polar surface area (TPSA) is 82.1 Å². The number of ether oxygens (including phenoxy) is 3. The summed E-state index contributed by atoms with van der Waals surface area (Å²) in [6.07, 6.45) is -0.789. The third kappa shape index (κ3) is 3.80. The molecule has 1 heterocycles. The normalized spacial score (nSPS) is 18.7. The lowest BCUT2D eigenvalue weighted by Gasteiger charge is -2.31. The second kappa shape index (κ2) is 6.94. The van der Waals surface area contributed by atoms with E-state index in [1.807, 2.05) is 6.07 Å². The highest BCUT2D eigenvalue weighted by Gasteiger charge is 2.31. The molecule has 0 saturated heterocycles. The van der Waals surface area contributed by atoms with Crippen molar-refractivity contribution in [1.82, 2.24) is 0 Å². The first-order valence-corrected chi connectivity index (χ1v) is 7.85. The number of fused-ring (bicyclic) bond motifs is 1. The highest BCUT2D eigenvalue weighted by Crippen LogP contribution is 2.42. The van der Waals surface area contributed by atoms with Gasteiger partial charge in [-0.05, 0) is 29.8 Å². The molecule has 0 amide bonds. The van der Waals surface area contributed by atoms with E-state index in [1.165, 1.54) is 13.8 Å². The van der Waals surface area contributed by atoms with Crippen molar-refractivity contribution >= 4 is 11.9 Å². The van der Waals surface area contributed by atoms with Crippen LogP contribution in [0.15, 0.2) is 42.5 Å². The van der Waals surface area contributed by atoms with Crippen molar-refractivity contribution in [2.75, 3.05) is 6.61 Å². The molecule has 0 saturated carbocycles. The van der Waals surface area contributed by atoms with Crippen molar-refractivity contribution in [2.24, 2.45) is 0 Å². The van der Waals surface area contributed by atoms with Crippen LogP contribution in [0.25, 0.3) is 0 Å². The molecule has 0 radical (unpaired) electrons. The van der Waals surface area contributed by atoms with Gasteiger partial charge in [0.2, 0.25) is 0 Å². The maximum atomic E-state index is 11.1. The number of aliphatic hydroxyl groups excluding tert-OH is 1. The Morgan fingerprint density at radius 2 is 1.72 bits per heavy atom. The second-order valence-electron chi connectivity index (χ2n) is 5.82. The van der Waals surface area contributed by atoms with Crippen LogP contribution in [-0.4, -0.2) is 23.7 Å². The van der Waals surface area contributed by atoms with Crippen LogP contribution in [-0.2, 0) is 9.59 Å². The van der Waals surface area contributed by atoms with Crippen molar-refractivity contribution in [1.29, 1.82) is 0 Å². The van der Waals surface area contributed by atoms with E-state index < -0.39 is 18.0 Å². The van der Waals surface area contributed by atoms with Crippen molar-refractivity contribution in [3.05, 3.63) is 53.6 Å². The number of hydrogen-bond donors (Lipinski definition) is 1. The highest BCUT2D eigenvalue weighted by molar-refractivity contribution is 5.70. The predicted octanol–water partition coefficient (Wildman–Crippen LogP) is 2.75. The van der Waals surface area contributed by atoms with E-state index in [0.29, 0.717) is 22.8 Å². The Balaban J connectivity index is 1.85.